The summed E-state index contributed by atoms with van der Waals surface area (Å²) in [4.78, 5) is 32.8. The predicted molar refractivity (Wildman–Crippen MR) is 474 cm³/mol. The average molecular weight is 1630 g/mol. The molecule has 0 aromatic heterocycles. The molecule has 0 fully saturated rings. The van der Waals surface area contributed by atoms with Gasteiger partial charge in [0.15, 0.2) is 11.6 Å². The Morgan fingerprint density at radius 3 is 0.761 bits per heavy atom. The van der Waals surface area contributed by atoms with Gasteiger partial charge >= 0.3 is 30.4 Å². The van der Waals surface area contributed by atoms with Gasteiger partial charge in [-0.2, -0.15) is 35.1 Å². The molecule has 0 saturated carbocycles. The number of ether oxygens (including phenoxy) is 4. The Balaban J connectivity index is -0.000000443. The van der Waals surface area contributed by atoms with Crippen molar-refractivity contribution >= 4 is 17.5 Å². The maximum absolute atomic E-state index is 14.6. The van der Waals surface area contributed by atoms with E-state index in [0.29, 0.717) is 55.2 Å². The first-order chi connectivity index (χ1) is 55.7. The van der Waals surface area contributed by atoms with Gasteiger partial charge in [-0.1, -0.05) is 239 Å². The number of hydrogen-bond donors (Lipinski definition) is 1. The lowest BCUT2D eigenvalue weighted by Crippen LogP contribution is -2.21. The van der Waals surface area contributed by atoms with Gasteiger partial charge in [0.05, 0.1) is 22.3 Å². The van der Waals surface area contributed by atoms with E-state index in [4.69, 9.17) is 24.1 Å². The molecule has 0 spiro atoms. The second kappa shape index (κ2) is 67.3. The molecule has 0 bridgehead atoms. The number of Topliss-reactive ketones (excluding diaryl/α,β-unsaturated/α-hetero) is 2. The number of carbonyl (C=O) groups excluding carboxylic acids is 2. The Labute approximate surface area is 698 Å². The van der Waals surface area contributed by atoms with Crippen LogP contribution in [0.2, 0.25) is 0 Å². The average Bonchev–Trinajstić information content (AvgIpc) is 0.842. The number of aryl methyl sites for hydroxylation is 6. The zero-order valence-corrected chi connectivity index (χ0v) is 74.1. The highest BCUT2D eigenvalue weighted by Crippen LogP contribution is 2.36. The molecule has 0 amide bonds. The second-order valence-corrected chi connectivity index (χ2v) is 23.7. The number of hydrogen-bond acceptors (Lipinski definition) is 7. The number of ketones is 2. The molecule has 1 N–H and O–H groups in total. The van der Waals surface area contributed by atoms with E-state index in [1.54, 1.807) is 132 Å². The van der Waals surface area contributed by atoms with Crippen LogP contribution in [0.25, 0.3) is 0 Å². The third kappa shape index (κ3) is 50.3. The van der Waals surface area contributed by atoms with Crippen LogP contribution in [-0.4, -0.2) is 22.6 Å². The smallest absolute Gasteiger partial charge is 0.426 e. The van der Waals surface area contributed by atoms with E-state index >= 15 is 0 Å². The van der Waals surface area contributed by atoms with E-state index in [1.807, 2.05) is 123 Å². The molecule has 0 aliphatic carbocycles. The molecular weight excluding hydrogens is 1490 g/mol. The number of rotatable bonds is 27. The monoisotopic (exact) mass is 1620 g/mol. The SMILES string of the molecule is C#CC.C=C(C)C(=O)CCCc1ccc(OC(F)(F)c2ccc(CCCC(=O)C(=C)C)cc2)cc1.C=C(C)C(=O)O.CC.CC.CC.CC.CC.CC.CC.CC#Cc1ccc(OC(F)(F)c2ccc(C#CC)cc2)cc1.CCCc1ccc(OC(F)(F)c2ccc(CCC)cc2)cc1.Cc1ccc(OC(F)(F)c2ccc(C)cc2)cc1. The highest BCUT2D eigenvalue weighted by molar-refractivity contribution is 5.94. The minimum absolute atomic E-state index is 0.0212. The fourth-order valence-electron chi connectivity index (χ4n) is 8.91. The molecule has 0 saturated heterocycles. The van der Waals surface area contributed by atoms with Crippen LogP contribution in [0.3, 0.4) is 0 Å². The first kappa shape index (κ1) is 115. The largest absolute Gasteiger partial charge is 0.478 e. The fraction of sp³-hybridized carbons (Fsp3) is 0.376. The molecule has 8 nitrogen and oxygen atoms in total. The van der Waals surface area contributed by atoms with Gasteiger partial charge in [0.2, 0.25) is 0 Å². The molecule has 0 heterocycles. The fourth-order valence-corrected chi connectivity index (χ4v) is 8.91. The topological polar surface area (TPSA) is 108 Å². The summed E-state index contributed by atoms with van der Waals surface area (Å²) in [7, 11) is 0. The number of carboxylic acid groups (broad SMARTS) is 1. The number of allylic oxidation sites excluding steroid dienone is 2. The normalized spacial score (nSPS) is 9.63. The summed E-state index contributed by atoms with van der Waals surface area (Å²) in [6.07, 6.45) is -1.61. The van der Waals surface area contributed by atoms with Crippen molar-refractivity contribution in [3.05, 3.63) is 297 Å². The van der Waals surface area contributed by atoms with Crippen LogP contribution in [0.5, 0.6) is 23.0 Å². The molecule has 117 heavy (non-hydrogen) atoms. The van der Waals surface area contributed by atoms with E-state index in [-0.39, 0.29) is 62.4 Å². The van der Waals surface area contributed by atoms with Crippen molar-refractivity contribution in [1.82, 2.24) is 0 Å². The van der Waals surface area contributed by atoms with Crippen molar-refractivity contribution in [2.24, 2.45) is 0 Å². The molecule has 0 aliphatic heterocycles. The van der Waals surface area contributed by atoms with Gasteiger partial charge in [0, 0.05) is 29.5 Å². The number of halogens is 8. The maximum Gasteiger partial charge on any atom is 0.426 e. The van der Waals surface area contributed by atoms with Gasteiger partial charge in [-0.05, 0) is 249 Å². The molecule has 0 unspecified atom stereocenters. The quantitative estimate of drug-likeness (QED) is 0.0308. The zero-order chi connectivity index (χ0) is 90.8. The molecule has 8 aromatic carbocycles. The van der Waals surface area contributed by atoms with Crippen LogP contribution < -0.4 is 18.9 Å². The van der Waals surface area contributed by atoms with Gasteiger partial charge in [0.25, 0.3) is 0 Å². The van der Waals surface area contributed by atoms with Crippen LogP contribution in [0.4, 0.5) is 35.1 Å². The summed E-state index contributed by atoms with van der Waals surface area (Å²) in [6.45, 7) is 56.2. The Morgan fingerprint density at radius 2 is 0.538 bits per heavy atom. The number of aliphatic carboxylic acids is 1. The van der Waals surface area contributed by atoms with Crippen molar-refractivity contribution in [3.63, 3.8) is 0 Å². The van der Waals surface area contributed by atoms with E-state index in [2.05, 4.69) is 69.6 Å². The number of carboxylic acids is 1. The lowest BCUT2D eigenvalue weighted by atomic mass is 10.0. The molecule has 0 atom stereocenters. The lowest BCUT2D eigenvalue weighted by molar-refractivity contribution is -0.186. The van der Waals surface area contributed by atoms with Crippen molar-refractivity contribution in [2.45, 2.75) is 255 Å². The number of benzene rings is 8. The lowest BCUT2D eigenvalue weighted by Gasteiger charge is -2.19. The van der Waals surface area contributed by atoms with Crippen molar-refractivity contribution in [1.29, 1.82) is 0 Å². The van der Waals surface area contributed by atoms with E-state index in [0.717, 1.165) is 64.6 Å². The predicted octanol–water partition coefficient (Wildman–Crippen LogP) is 29.9. The summed E-state index contributed by atoms with van der Waals surface area (Å²) in [6, 6.07) is 50.2. The van der Waals surface area contributed by atoms with Gasteiger partial charge in [0.1, 0.15) is 23.0 Å². The van der Waals surface area contributed by atoms with Crippen molar-refractivity contribution in [3.8, 4) is 59.0 Å². The van der Waals surface area contributed by atoms with E-state index in [9.17, 15) is 49.5 Å². The van der Waals surface area contributed by atoms with Gasteiger partial charge < -0.3 is 24.1 Å². The summed E-state index contributed by atoms with van der Waals surface area (Å²) in [5.74, 6) is 13.0. The Hall–Kier alpha value is -10.9. The van der Waals surface area contributed by atoms with Crippen LogP contribution in [0, 0.1) is 49.9 Å². The van der Waals surface area contributed by atoms with E-state index < -0.39 is 30.4 Å². The van der Waals surface area contributed by atoms with Crippen LogP contribution >= 0.6 is 0 Å². The number of alkyl halides is 8. The second-order valence-electron chi connectivity index (χ2n) is 23.7. The van der Waals surface area contributed by atoms with Crippen LogP contribution in [-0.2, 0) is 64.5 Å². The van der Waals surface area contributed by atoms with Gasteiger partial charge in [-0.3, -0.25) is 9.59 Å². The van der Waals surface area contributed by atoms with Gasteiger partial charge in [-0.25, -0.2) is 4.79 Å². The number of carbonyl (C=O) groups is 3. The number of terminal acetylenes is 1. The van der Waals surface area contributed by atoms with E-state index in [1.165, 1.54) is 91.9 Å². The molecule has 8 aromatic rings. The Morgan fingerprint density at radius 1 is 0.350 bits per heavy atom. The third-order valence-electron chi connectivity index (χ3n) is 14.6. The highest BCUT2D eigenvalue weighted by Gasteiger charge is 2.37. The molecule has 0 aliphatic rings. The Kier molecular flexibility index (Phi) is 66.0. The molecule has 8 rings (SSSR count). The van der Waals surface area contributed by atoms with Crippen molar-refractivity contribution in [2.75, 3.05) is 0 Å². The molecule has 0 radical (unpaired) electrons. The molecule has 640 valence electrons. The summed E-state index contributed by atoms with van der Waals surface area (Å²) >= 11 is 0. The minimum atomic E-state index is -3.47. The minimum Gasteiger partial charge on any atom is -0.478 e. The van der Waals surface area contributed by atoms with Crippen LogP contribution in [0.15, 0.2) is 231 Å². The van der Waals surface area contributed by atoms with Crippen LogP contribution in [0.1, 0.15) is 258 Å². The summed E-state index contributed by atoms with van der Waals surface area (Å²) in [5.41, 5.74) is 7.93. The standard InChI is InChI=1S/C27H30F2O3.C19H22F2O.C19H14F2O.C15H14F2O.C4H6O2.C3H4.7C2H6/c1-19(2)25(30)9-5-7-21-11-15-23(16-12-21)27(28,29)32-24-17-13-22(14-18-24)8-6-10-26(31)20(3)4;2*1-3-5-15-7-11-17(12-8-15)19(20,21)22-18-13-9-16(6-4-2)10-14-18;1-11-3-7-13(8-4-11)15(16,17)18-14-9-5-12(2)6-10-14;1-3(2)4(5)6;1-3-2;7*1-2/h11-18H,1,3,5-10H2,2,4H3;7-14H,3-6H2,1-2H3;7-14H,1-2H3;3-10H,1-2H3;1H2,2H3,(H,5,6);1H,2H3;7*1-2H3. The summed E-state index contributed by atoms with van der Waals surface area (Å²) in [5, 5.41) is 7.89. The first-order valence-electron chi connectivity index (χ1n) is 40.2. The van der Waals surface area contributed by atoms with Crippen molar-refractivity contribution < 1.29 is 73.6 Å². The summed E-state index contributed by atoms with van der Waals surface area (Å²) < 4.78 is 133. The highest BCUT2D eigenvalue weighted by atomic mass is 19.3. The maximum atomic E-state index is 14.6. The first-order valence-corrected chi connectivity index (χ1v) is 40.2. The Bertz CT molecular complexity index is 4130. The third-order valence-corrected chi connectivity index (χ3v) is 14.6. The zero-order valence-electron chi connectivity index (χ0n) is 74.1. The van der Waals surface area contributed by atoms with Gasteiger partial charge in [-0.15, -0.1) is 24.2 Å². The molecule has 16 heteroatoms. The molecular formula is C101H132F8O8.